The maximum Gasteiger partial charge on any atom is 0.285 e. The van der Waals surface area contributed by atoms with Crippen molar-refractivity contribution >= 4 is 31.9 Å². The number of benzene rings is 2. The van der Waals surface area contributed by atoms with E-state index in [1.54, 1.807) is 6.07 Å². The third-order valence-electron chi connectivity index (χ3n) is 3.65. The second kappa shape index (κ2) is 7.20. The zero-order chi connectivity index (χ0) is 19.8. The Balaban J connectivity index is 1.95. The van der Waals surface area contributed by atoms with Crippen LogP contribution in [0, 0.1) is 18.6 Å². The molecule has 3 rings (SSSR count). The van der Waals surface area contributed by atoms with Crippen LogP contribution in [-0.4, -0.2) is 24.3 Å². The monoisotopic (exact) mass is 455 g/mol. The molecule has 3 aromatic rings. The van der Waals surface area contributed by atoms with Crippen molar-refractivity contribution in [2.24, 2.45) is 0 Å². The summed E-state index contributed by atoms with van der Waals surface area (Å²) in [6.07, 6.45) is 0. The van der Waals surface area contributed by atoms with Crippen molar-refractivity contribution in [1.29, 1.82) is 0 Å². The van der Waals surface area contributed by atoms with E-state index in [1.165, 1.54) is 31.2 Å². The molecule has 0 aliphatic heterocycles. The molecular weight excluding hydrogens is 444 g/mol. The molecule has 1 amide bonds. The summed E-state index contributed by atoms with van der Waals surface area (Å²) in [5.41, 5.74) is -0.566. The number of aryl methyl sites for hydroxylation is 1. The summed E-state index contributed by atoms with van der Waals surface area (Å²) in [5, 5.41) is 0. The highest BCUT2D eigenvalue weighted by molar-refractivity contribution is 9.10. The van der Waals surface area contributed by atoms with E-state index in [-0.39, 0.29) is 26.6 Å². The van der Waals surface area contributed by atoms with Crippen molar-refractivity contribution in [2.45, 2.75) is 11.8 Å². The van der Waals surface area contributed by atoms with Crippen LogP contribution in [0.15, 0.2) is 51.8 Å². The van der Waals surface area contributed by atoms with Crippen LogP contribution >= 0.6 is 15.9 Å². The highest BCUT2D eigenvalue weighted by Crippen LogP contribution is 2.25. The van der Waals surface area contributed by atoms with Crippen LogP contribution in [0.25, 0.3) is 11.4 Å². The van der Waals surface area contributed by atoms with Crippen LogP contribution in [0.3, 0.4) is 0 Å². The SMILES string of the molecule is Cc1[nH]c(-c2c(F)cccc2F)nc1C(=O)NS(=O)(=O)c1ccccc1Br. The molecule has 0 atom stereocenters. The van der Waals surface area contributed by atoms with Crippen LogP contribution in [0.4, 0.5) is 8.78 Å². The second-order valence-corrected chi connectivity index (χ2v) is 8.03. The number of hydrogen-bond donors (Lipinski definition) is 2. The molecule has 140 valence electrons. The third-order valence-corrected chi connectivity index (χ3v) is 6.00. The van der Waals surface area contributed by atoms with Crippen molar-refractivity contribution in [3.8, 4) is 11.4 Å². The van der Waals surface area contributed by atoms with Gasteiger partial charge in [0.1, 0.15) is 22.4 Å². The Morgan fingerprint density at radius 1 is 1.11 bits per heavy atom. The van der Waals surface area contributed by atoms with Crippen molar-refractivity contribution in [3.63, 3.8) is 0 Å². The molecule has 0 radical (unpaired) electrons. The average Bonchev–Trinajstić information content (AvgIpc) is 2.96. The Bertz CT molecular complexity index is 1130. The van der Waals surface area contributed by atoms with Gasteiger partial charge in [0.25, 0.3) is 15.9 Å². The Morgan fingerprint density at radius 3 is 2.37 bits per heavy atom. The quantitative estimate of drug-likeness (QED) is 0.629. The van der Waals surface area contributed by atoms with E-state index in [4.69, 9.17) is 0 Å². The number of sulfonamides is 1. The maximum atomic E-state index is 13.9. The largest absolute Gasteiger partial charge is 0.341 e. The van der Waals surface area contributed by atoms with Gasteiger partial charge in [0.15, 0.2) is 5.69 Å². The summed E-state index contributed by atoms with van der Waals surface area (Å²) >= 11 is 3.11. The Hall–Kier alpha value is -2.59. The van der Waals surface area contributed by atoms with Gasteiger partial charge in [0.2, 0.25) is 0 Å². The van der Waals surface area contributed by atoms with Gasteiger partial charge in [-0.1, -0.05) is 18.2 Å². The van der Waals surface area contributed by atoms with E-state index >= 15 is 0 Å². The van der Waals surface area contributed by atoms with Crippen molar-refractivity contribution in [2.75, 3.05) is 0 Å². The lowest BCUT2D eigenvalue weighted by molar-refractivity contribution is 0.0976. The molecule has 0 saturated carbocycles. The molecule has 0 bridgehead atoms. The summed E-state index contributed by atoms with van der Waals surface area (Å²) in [6, 6.07) is 9.25. The van der Waals surface area contributed by atoms with E-state index in [9.17, 15) is 22.0 Å². The van der Waals surface area contributed by atoms with Gasteiger partial charge in [-0.2, -0.15) is 0 Å². The average molecular weight is 456 g/mol. The summed E-state index contributed by atoms with van der Waals surface area (Å²) in [5.74, 6) is -2.97. The van der Waals surface area contributed by atoms with Gasteiger partial charge in [0.05, 0.1) is 5.56 Å². The van der Waals surface area contributed by atoms with Gasteiger partial charge in [-0.3, -0.25) is 4.79 Å². The molecule has 1 aromatic heterocycles. The van der Waals surface area contributed by atoms with E-state index in [1.807, 2.05) is 4.72 Å². The number of aromatic amines is 1. The molecule has 6 nitrogen and oxygen atoms in total. The molecule has 0 aliphatic rings. The summed E-state index contributed by atoms with van der Waals surface area (Å²) in [6.45, 7) is 1.44. The van der Waals surface area contributed by atoms with Crippen molar-refractivity contribution in [1.82, 2.24) is 14.7 Å². The summed E-state index contributed by atoms with van der Waals surface area (Å²) in [4.78, 5) is 18.8. The molecule has 0 spiro atoms. The first-order valence-electron chi connectivity index (χ1n) is 7.53. The second-order valence-electron chi connectivity index (χ2n) is 5.52. The number of nitrogens with zero attached hydrogens (tertiary/aromatic N) is 1. The van der Waals surface area contributed by atoms with Gasteiger partial charge >= 0.3 is 0 Å². The van der Waals surface area contributed by atoms with E-state index in [2.05, 4.69) is 25.9 Å². The highest BCUT2D eigenvalue weighted by Gasteiger charge is 2.25. The smallest absolute Gasteiger partial charge is 0.285 e. The minimum Gasteiger partial charge on any atom is -0.341 e. The maximum absolute atomic E-state index is 13.9. The van der Waals surface area contributed by atoms with Crippen LogP contribution in [0.2, 0.25) is 0 Å². The minimum atomic E-state index is -4.18. The first kappa shape index (κ1) is 19.2. The van der Waals surface area contributed by atoms with Crippen LogP contribution in [-0.2, 0) is 10.0 Å². The number of rotatable bonds is 4. The molecule has 0 unspecified atom stereocenters. The van der Waals surface area contributed by atoms with Gasteiger partial charge in [-0.25, -0.2) is 26.9 Å². The minimum absolute atomic E-state index is 0.132. The number of imidazole rings is 1. The van der Waals surface area contributed by atoms with E-state index in [0.717, 1.165) is 12.1 Å². The van der Waals surface area contributed by atoms with E-state index in [0.29, 0.717) is 0 Å². The standard InChI is InChI=1S/C17H12BrF2N3O3S/c1-9-15(22-16(21-9)14-11(19)6-4-7-12(14)20)17(24)23-27(25,26)13-8-3-2-5-10(13)18/h2-8H,1H3,(H,21,22)(H,23,24). The van der Waals surface area contributed by atoms with Gasteiger partial charge in [-0.05, 0) is 47.1 Å². The molecule has 1 heterocycles. The number of nitrogens with one attached hydrogen (secondary N) is 2. The predicted molar refractivity (Wildman–Crippen MR) is 97.5 cm³/mol. The number of amides is 1. The van der Waals surface area contributed by atoms with Crippen LogP contribution < -0.4 is 4.72 Å². The lowest BCUT2D eigenvalue weighted by Gasteiger charge is -2.07. The van der Waals surface area contributed by atoms with E-state index < -0.39 is 33.1 Å². The Morgan fingerprint density at radius 2 is 1.74 bits per heavy atom. The molecule has 0 saturated heterocycles. The number of carbonyl (C=O) groups is 1. The number of carbonyl (C=O) groups excluding carboxylic acids is 1. The molecule has 2 N–H and O–H groups in total. The topological polar surface area (TPSA) is 91.9 Å². The number of hydrogen-bond acceptors (Lipinski definition) is 4. The first-order chi connectivity index (χ1) is 12.7. The molecule has 0 aliphatic carbocycles. The fourth-order valence-corrected chi connectivity index (χ4v) is 4.37. The van der Waals surface area contributed by atoms with Gasteiger partial charge in [0, 0.05) is 10.2 Å². The first-order valence-corrected chi connectivity index (χ1v) is 9.81. The summed E-state index contributed by atoms with van der Waals surface area (Å²) < 4.78 is 54.8. The van der Waals surface area contributed by atoms with Crippen LogP contribution in [0.1, 0.15) is 16.2 Å². The lowest BCUT2D eigenvalue weighted by atomic mass is 10.2. The normalized spacial score (nSPS) is 11.4. The third kappa shape index (κ3) is 3.76. The number of halogens is 3. The van der Waals surface area contributed by atoms with Crippen LogP contribution in [0.5, 0.6) is 0 Å². The Labute approximate surface area is 161 Å². The van der Waals surface area contributed by atoms with Crippen molar-refractivity contribution < 1.29 is 22.0 Å². The molecule has 10 heteroatoms. The lowest BCUT2D eigenvalue weighted by Crippen LogP contribution is -2.31. The molecule has 27 heavy (non-hydrogen) atoms. The Kier molecular flexibility index (Phi) is 5.11. The molecule has 2 aromatic carbocycles. The zero-order valence-corrected chi connectivity index (χ0v) is 16.2. The van der Waals surface area contributed by atoms with Crippen molar-refractivity contribution in [3.05, 3.63) is 70.0 Å². The molecule has 0 fully saturated rings. The highest BCUT2D eigenvalue weighted by atomic mass is 79.9. The fourth-order valence-electron chi connectivity index (χ4n) is 2.41. The zero-order valence-electron chi connectivity index (χ0n) is 13.8. The number of aromatic nitrogens is 2. The fraction of sp³-hybridized carbons (Fsp3) is 0.0588. The molecular formula is C17H12BrF2N3O3S. The van der Waals surface area contributed by atoms with Gasteiger partial charge < -0.3 is 4.98 Å². The predicted octanol–water partition coefficient (Wildman–Crippen LogP) is 3.54. The summed E-state index contributed by atoms with van der Waals surface area (Å²) in [7, 11) is -4.18. The number of H-pyrrole nitrogens is 1. The van der Waals surface area contributed by atoms with Gasteiger partial charge in [-0.15, -0.1) is 0 Å².